The number of aromatic amines is 1. The summed E-state index contributed by atoms with van der Waals surface area (Å²) in [6.45, 7) is 6.91. The number of nitrogens with zero attached hydrogens (tertiary/aromatic N) is 3. The first kappa shape index (κ1) is 20.0. The molecule has 152 valence electrons. The van der Waals surface area contributed by atoms with Gasteiger partial charge in [0, 0.05) is 19.5 Å². The predicted octanol–water partition coefficient (Wildman–Crippen LogP) is 2.76. The molecule has 0 unspecified atom stereocenters. The molecule has 1 N–H and O–H groups in total. The number of amides is 1. The maximum Gasteiger partial charge on any atom is 0.410 e. The summed E-state index contributed by atoms with van der Waals surface area (Å²) >= 11 is 0. The molecule has 1 amide bonds. The number of carbonyl (C=O) groups is 1. The lowest BCUT2D eigenvalue weighted by Gasteiger charge is -2.33. The summed E-state index contributed by atoms with van der Waals surface area (Å²) in [5.41, 5.74) is -0.0224. The number of H-pyrrole nitrogens is 1. The van der Waals surface area contributed by atoms with E-state index in [-0.39, 0.29) is 11.8 Å². The zero-order valence-corrected chi connectivity index (χ0v) is 16.9. The number of aromatic nitrogens is 3. The maximum atomic E-state index is 12.2. The fraction of sp³-hybridized carbons (Fsp3) is 0.550. The third-order valence-electron chi connectivity index (χ3n) is 4.76. The Morgan fingerprint density at radius 1 is 1.21 bits per heavy atom. The van der Waals surface area contributed by atoms with E-state index in [1.54, 1.807) is 16.7 Å². The number of rotatable bonds is 4. The standard InChI is InChI=1S/C20H28N4O4/c1-20(2,3)28-19(26)23-11-9-14(10-12-23)13-17-21-18(25)22-24(17)15-5-7-16(27-4)8-6-15/h5-8,14H,9-13H2,1-4H3,(H,22,25). The maximum absolute atomic E-state index is 12.2. The van der Waals surface area contributed by atoms with Crippen LogP contribution < -0.4 is 10.4 Å². The van der Waals surface area contributed by atoms with Crippen molar-refractivity contribution in [2.75, 3.05) is 20.2 Å². The number of nitrogens with one attached hydrogen (secondary N) is 1. The van der Waals surface area contributed by atoms with Crippen LogP contribution in [0.5, 0.6) is 5.75 Å². The molecule has 2 aromatic rings. The van der Waals surface area contributed by atoms with Crippen molar-refractivity contribution in [1.29, 1.82) is 0 Å². The van der Waals surface area contributed by atoms with Gasteiger partial charge < -0.3 is 14.4 Å². The van der Waals surface area contributed by atoms with E-state index in [0.29, 0.717) is 31.3 Å². The van der Waals surface area contributed by atoms with E-state index >= 15 is 0 Å². The van der Waals surface area contributed by atoms with Gasteiger partial charge in [-0.1, -0.05) is 0 Å². The summed E-state index contributed by atoms with van der Waals surface area (Å²) in [5, 5.41) is 2.77. The van der Waals surface area contributed by atoms with Crippen molar-refractivity contribution < 1.29 is 14.3 Å². The van der Waals surface area contributed by atoms with E-state index in [4.69, 9.17) is 9.47 Å². The molecule has 1 aliphatic rings. The normalized spacial score (nSPS) is 15.5. The lowest BCUT2D eigenvalue weighted by Crippen LogP contribution is -2.42. The molecule has 0 saturated carbocycles. The second-order valence-electron chi connectivity index (χ2n) is 8.09. The molecule has 0 atom stereocenters. The largest absolute Gasteiger partial charge is 0.497 e. The summed E-state index contributed by atoms with van der Waals surface area (Å²) in [7, 11) is 1.61. The molecule has 8 heteroatoms. The zero-order valence-electron chi connectivity index (χ0n) is 16.9. The highest BCUT2D eigenvalue weighted by molar-refractivity contribution is 5.68. The SMILES string of the molecule is COc1ccc(-n2[nH]c(=O)nc2CC2CCN(C(=O)OC(C)(C)C)CC2)cc1. The molecule has 2 heterocycles. The highest BCUT2D eigenvalue weighted by atomic mass is 16.6. The average Bonchev–Trinajstić information content (AvgIpc) is 3.01. The Bertz CT molecular complexity index is 856. The smallest absolute Gasteiger partial charge is 0.410 e. The molecule has 1 aliphatic heterocycles. The van der Waals surface area contributed by atoms with E-state index in [1.165, 1.54) is 0 Å². The fourth-order valence-corrected chi connectivity index (χ4v) is 3.34. The van der Waals surface area contributed by atoms with Gasteiger partial charge in [-0.15, -0.1) is 0 Å². The Hall–Kier alpha value is -2.77. The van der Waals surface area contributed by atoms with Gasteiger partial charge in [0.1, 0.15) is 17.2 Å². The molecular formula is C20H28N4O4. The van der Waals surface area contributed by atoms with E-state index in [2.05, 4.69) is 10.1 Å². The Balaban J connectivity index is 1.64. The lowest BCUT2D eigenvalue weighted by molar-refractivity contribution is 0.0183. The molecule has 1 saturated heterocycles. The van der Waals surface area contributed by atoms with Crippen molar-refractivity contribution >= 4 is 6.09 Å². The highest BCUT2D eigenvalue weighted by Gasteiger charge is 2.27. The first-order valence-corrected chi connectivity index (χ1v) is 9.55. The minimum Gasteiger partial charge on any atom is -0.497 e. The van der Waals surface area contributed by atoms with Gasteiger partial charge in [0.15, 0.2) is 0 Å². The van der Waals surface area contributed by atoms with Crippen molar-refractivity contribution in [2.24, 2.45) is 5.92 Å². The molecule has 0 aliphatic carbocycles. The number of methoxy groups -OCH3 is 1. The summed E-state index contributed by atoms with van der Waals surface area (Å²) in [4.78, 5) is 29.9. The Morgan fingerprint density at radius 2 is 1.86 bits per heavy atom. The summed E-state index contributed by atoms with van der Waals surface area (Å²) in [6.07, 6.45) is 2.11. The molecule has 0 spiro atoms. The Morgan fingerprint density at radius 3 is 2.43 bits per heavy atom. The number of piperidine rings is 1. The molecular weight excluding hydrogens is 360 g/mol. The molecule has 3 rings (SSSR count). The van der Waals surface area contributed by atoms with Crippen LogP contribution in [0.2, 0.25) is 0 Å². The van der Waals surface area contributed by atoms with Crippen molar-refractivity contribution in [3.63, 3.8) is 0 Å². The number of benzene rings is 1. The minimum atomic E-state index is -0.489. The van der Waals surface area contributed by atoms with Gasteiger partial charge in [-0.3, -0.25) is 0 Å². The predicted molar refractivity (Wildman–Crippen MR) is 105 cm³/mol. The van der Waals surface area contributed by atoms with Crippen LogP contribution >= 0.6 is 0 Å². The van der Waals surface area contributed by atoms with Crippen LogP contribution in [0.25, 0.3) is 5.69 Å². The average molecular weight is 388 g/mol. The molecule has 0 radical (unpaired) electrons. The molecule has 1 fully saturated rings. The summed E-state index contributed by atoms with van der Waals surface area (Å²) in [6, 6.07) is 7.45. The topological polar surface area (TPSA) is 89.5 Å². The van der Waals surface area contributed by atoms with E-state index in [1.807, 2.05) is 45.0 Å². The number of hydrogen-bond acceptors (Lipinski definition) is 5. The number of carbonyl (C=O) groups excluding carboxylic acids is 1. The third-order valence-corrected chi connectivity index (χ3v) is 4.76. The number of likely N-dealkylation sites (tertiary alicyclic amines) is 1. The van der Waals surface area contributed by atoms with Gasteiger partial charge in [0.2, 0.25) is 0 Å². The van der Waals surface area contributed by atoms with Crippen LogP contribution in [0, 0.1) is 5.92 Å². The summed E-state index contributed by atoms with van der Waals surface area (Å²) < 4.78 is 12.4. The molecule has 0 bridgehead atoms. The molecule has 1 aromatic heterocycles. The quantitative estimate of drug-likeness (QED) is 0.870. The Labute approximate surface area is 164 Å². The second-order valence-corrected chi connectivity index (χ2v) is 8.09. The molecule has 28 heavy (non-hydrogen) atoms. The third kappa shape index (κ3) is 4.94. The monoisotopic (exact) mass is 388 g/mol. The van der Waals surface area contributed by atoms with Crippen LogP contribution in [0.4, 0.5) is 4.79 Å². The molecule has 8 nitrogen and oxygen atoms in total. The minimum absolute atomic E-state index is 0.263. The second kappa shape index (κ2) is 8.08. The van der Waals surface area contributed by atoms with Gasteiger partial charge >= 0.3 is 11.8 Å². The van der Waals surface area contributed by atoms with E-state index < -0.39 is 5.60 Å². The van der Waals surface area contributed by atoms with E-state index in [9.17, 15) is 9.59 Å². The zero-order chi connectivity index (χ0) is 20.3. The van der Waals surface area contributed by atoms with E-state index in [0.717, 1.165) is 24.3 Å². The lowest BCUT2D eigenvalue weighted by atomic mass is 9.93. The Kier molecular flexibility index (Phi) is 5.76. The van der Waals surface area contributed by atoms with Crippen LogP contribution in [-0.2, 0) is 11.2 Å². The number of ether oxygens (including phenoxy) is 2. The van der Waals surface area contributed by atoms with Crippen LogP contribution in [0.15, 0.2) is 29.1 Å². The van der Waals surface area contributed by atoms with Gasteiger partial charge in [-0.2, -0.15) is 4.98 Å². The van der Waals surface area contributed by atoms with Crippen LogP contribution in [0.3, 0.4) is 0 Å². The van der Waals surface area contributed by atoms with Crippen molar-refractivity contribution in [3.05, 3.63) is 40.6 Å². The van der Waals surface area contributed by atoms with Gasteiger partial charge in [0.25, 0.3) is 0 Å². The molecule has 1 aromatic carbocycles. The van der Waals surface area contributed by atoms with Crippen molar-refractivity contribution in [1.82, 2.24) is 19.7 Å². The fourth-order valence-electron chi connectivity index (χ4n) is 3.34. The van der Waals surface area contributed by atoms with Crippen molar-refractivity contribution in [2.45, 2.75) is 45.6 Å². The van der Waals surface area contributed by atoms with Gasteiger partial charge in [0.05, 0.1) is 12.8 Å². The summed E-state index contributed by atoms with van der Waals surface area (Å²) in [5.74, 6) is 1.80. The first-order chi connectivity index (χ1) is 13.2. The van der Waals surface area contributed by atoms with Gasteiger partial charge in [-0.25, -0.2) is 19.4 Å². The number of hydrogen-bond donors (Lipinski definition) is 1. The van der Waals surface area contributed by atoms with Crippen LogP contribution in [-0.4, -0.2) is 51.6 Å². The van der Waals surface area contributed by atoms with Gasteiger partial charge in [-0.05, 0) is 63.8 Å². The van der Waals surface area contributed by atoms with Crippen molar-refractivity contribution in [3.8, 4) is 11.4 Å². The highest BCUT2D eigenvalue weighted by Crippen LogP contribution is 2.23. The first-order valence-electron chi connectivity index (χ1n) is 9.55. The van der Waals surface area contributed by atoms with Crippen LogP contribution in [0.1, 0.15) is 39.4 Å².